The van der Waals surface area contributed by atoms with Crippen LogP contribution in [0.2, 0.25) is 5.02 Å². The number of anilines is 1. The Kier molecular flexibility index (Phi) is 7.18. The highest BCUT2D eigenvalue weighted by atomic mass is 35.5. The van der Waals surface area contributed by atoms with E-state index < -0.39 is 5.97 Å². The van der Waals surface area contributed by atoms with Gasteiger partial charge in [-0.05, 0) is 87.0 Å². The van der Waals surface area contributed by atoms with Crippen LogP contribution in [0.1, 0.15) is 79.6 Å². The van der Waals surface area contributed by atoms with Gasteiger partial charge in [-0.2, -0.15) is 0 Å². The maximum Gasteiger partial charge on any atom is 0.335 e. The van der Waals surface area contributed by atoms with Gasteiger partial charge in [-0.15, -0.1) is 0 Å². The fraction of sp³-hybridized carbons (Fsp3) is 0.516. The smallest absolute Gasteiger partial charge is 0.335 e. The van der Waals surface area contributed by atoms with E-state index >= 15 is 0 Å². The van der Waals surface area contributed by atoms with Crippen LogP contribution in [-0.4, -0.2) is 53.3 Å². The Labute approximate surface area is 225 Å². The van der Waals surface area contributed by atoms with Crippen LogP contribution in [0.4, 0.5) is 5.69 Å². The lowest BCUT2D eigenvalue weighted by Gasteiger charge is -2.34. The molecule has 6 rings (SSSR count). The fourth-order valence-electron chi connectivity index (χ4n) is 7.02. The Balaban J connectivity index is 1.50. The van der Waals surface area contributed by atoms with Crippen LogP contribution in [0.25, 0.3) is 22.2 Å². The fourth-order valence-corrected chi connectivity index (χ4v) is 7.19. The van der Waals surface area contributed by atoms with E-state index in [0.29, 0.717) is 11.5 Å². The molecule has 0 radical (unpaired) electrons. The molecule has 0 spiro atoms. The largest absolute Gasteiger partial charge is 0.478 e. The minimum absolute atomic E-state index is 0.365. The van der Waals surface area contributed by atoms with Crippen LogP contribution < -0.4 is 4.90 Å². The Morgan fingerprint density at radius 3 is 2.43 bits per heavy atom. The first-order valence-corrected chi connectivity index (χ1v) is 14.6. The molecule has 3 aromatic rings. The molecule has 1 N–H and O–H groups in total. The van der Waals surface area contributed by atoms with Crippen molar-refractivity contribution >= 4 is 34.2 Å². The molecule has 1 aromatic heterocycles. The summed E-state index contributed by atoms with van der Waals surface area (Å²) in [5.41, 5.74) is 6.62. The van der Waals surface area contributed by atoms with E-state index in [-0.39, 0.29) is 0 Å². The van der Waals surface area contributed by atoms with Gasteiger partial charge >= 0.3 is 5.97 Å². The molecule has 0 atom stereocenters. The van der Waals surface area contributed by atoms with Crippen LogP contribution in [0.3, 0.4) is 0 Å². The number of halogens is 1. The number of likely N-dealkylation sites (tertiary alicyclic amines) is 1. The maximum absolute atomic E-state index is 11.9. The average Bonchev–Trinajstić information content (AvgIpc) is 3.23. The predicted octanol–water partition coefficient (Wildman–Crippen LogP) is 7.40. The van der Waals surface area contributed by atoms with Gasteiger partial charge in [0.1, 0.15) is 0 Å². The lowest BCUT2D eigenvalue weighted by Crippen LogP contribution is -2.39. The van der Waals surface area contributed by atoms with Gasteiger partial charge in [0.15, 0.2) is 0 Å². The molecule has 196 valence electrons. The summed E-state index contributed by atoms with van der Waals surface area (Å²) in [7, 11) is 0. The van der Waals surface area contributed by atoms with Crippen molar-refractivity contribution in [2.75, 3.05) is 37.6 Å². The summed E-state index contributed by atoms with van der Waals surface area (Å²) in [5, 5.41) is 11.8. The topological polar surface area (TPSA) is 48.7 Å². The number of piperidine rings is 1. The normalized spacial score (nSPS) is 19.3. The number of aromatic nitrogens is 1. The molecule has 5 nitrogen and oxygen atoms in total. The number of aryl methyl sites for hydroxylation is 1. The number of fused-ring (bicyclic) bond motifs is 5. The number of carboxylic acids is 1. The van der Waals surface area contributed by atoms with Gasteiger partial charge in [0.2, 0.25) is 0 Å². The third kappa shape index (κ3) is 4.88. The molecule has 2 aromatic carbocycles. The lowest BCUT2D eigenvalue weighted by atomic mass is 9.81. The van der Waals surface area contributed by atoms with Gasteiger partial charge in [-0.3, -0.25) is 0 Å². The number of nitrogens with zero attached hydrogens (tertiary/aromatic N) is 3. The molecule has 2 fully saturated rings. The van der Waals surface area contributed by atoms with Crippen LogP contribution in [0, 0.1) is 0 Å². The standard InChI is InChI=1S/C31H38ClN3O2/c32-24-11-13-26-27(21-24)34(19-18-33-14-5-2-6-15-33)16-7-17-35-28-20-23(31(36)37)10-12-25(28)29(30(26)35)22-8-3-1-4-9-22/h10-13,20-22H,1-9,14-19H2,(H,36,37). The van der Waals surface area contributed by atoms with E-state index in [0.717, 1.165) is 43.1 Å². The monoisotopic (exact) mass is 519 g/mol. The Morgan fingerprint density at radius 2 is 1.65 bits per heavy atom. The predicted molar refractivity (Wildman–Crippen MR) is 152 cm³/mol. The van der Waals surface area contributed by atoms with Crippen molar-refractivity contribution in [3.63, 3.8) is 0 Å². The first kappa shape index (κ1) is 24.8. The molecule has 37 heavy (non-hydrogen) atoms. The second-order valence-corrected chi connectivity index (χ2v) is 11.6. The molecule has 0 unspecified atom stereocenters. The Morgan fingerprint density at radius 1 is 0.865 bits per heavy atom. The van der Waals surface area contributed by atoms with Gasteiger partial charge in [0, 0.05) is 53.4 Å². The summed E-state index contributed by atoms with van der Waals surface area (Å²) in [6.45, 7) is 6.38. The van der Waals surface area contributed by atoms with Gasteiger partial charge in [-0.25, -0.2) is 4.79 Å². The third-order valence-corrected chi connectivity index (χ3v) is 9.10. The number of hydrogen-bond acceptors (Lipinski definition) is 3. The number of carboxylic acid groups (broad SMARTS) is 1. The molecule has 3 aliphatic rings. The summed E-state index contributed by atoms with van der Waals surface area (Å²) >= 11 is 6.63. The number of carbonyl (C=O) groups is 1. The molecular weight excluding hydrogens is 482 g/mol. The second-order valence-electron chi connectivity index (χ2n) is 11.2. The van der Waals surface area contributed by atoms with Crippen molar-refractivity contribution < 1.29 is 9.90 Å². The van der Waals surface area contributed by atoms with E-state index in [4.69, 9.17) is 11.6 Å². The van der Waals surface area contributed by atoms with Crippen LogP contribution in [0.15, 0.2) is 36.4 Å². The van der Waals surface area contributed by atoms with Crippen LogP contribution in [-0.2, 0) is 6.54 Å². The van der Waals surface area contributed by atoms with E-state index in [1.165, 1.54) is 92.4 Å². The van der Waals surface area contributed by atoms with Crippen molar-refractivity contribution in [3.05, 3.63) is 52.5 Å². The molecule has 1 aliphatic carbocycles. The number of benzene rings is 2. The number of hydrogen-bond donors (Lipinski definition) is 1. The van der Waals surface area contributed by atoms with Crippen molar-refractivity contribution in [2.45, 2.75) is 70.3 Å². The minimum atomic E-state index is -0.862. The molecule has 3 heterocycles. The van der Waals surface area contributed by atoms with Gasteiger partial charge in [0.25, 0.3) is 0 Å². The first-order chi connectivity index (χ1) is 18.1. The van der Waals surface area contributed by atoms with E-state index in [1.807, 2.05) is 12.1 Å². The molecule has 1 saturated heterocycles. The maximum atomic E-state index is 11.9. The van der Waals surface area contributed by atoms with E-state index in [9.17, 15) is 9.90 Å². The van der Waals surface area contributed by atoms with Crippen LogP contribution >= 0.6 is 11.6 Å². The highest BCUT2D eigenvalue weighted by molar-refractivity contribution is 6.31. The second kappa shape index (κ2) is 10.7. The summed E-state index contributed by atoms with van der Waals surface area (Å²) in [4.78, 5) is 17.1. The third-order valence-electron chi connectivity index (χ3n) is 8.86. The van der Waals surface area contributed by atoms with E-state index in [1.54, 1.807) is 6.07 Å². The zero-order valence-electron chi connectivity index (χ0n) is 21.7. The highest BCUT2D eigenvalue weighted by Gasteiger charge is 2.30. The van der Waals surface area contributed by atoms with Gasteiger partial charge < -0.3 is 19.5 Å². The molecule has 0 amide bonds. The zero-order valence-corrected chi connectivity index (χ0v) is 22.5. The molecule has 2 aliphatic heterocycles. The molecule has 0 bridgehead atoms. The first-order valence-electron chi connectivity index (χ1n) is 14.3. The van der Waals surface area contributed by atoms with Crippen molar-refractivity contribution in [2.24, 2.45) is 0 Å². The minimum Gasteiger partial charge on any atom is -0.478 e. The SMILES string of the molecule is O=C(O)c1ccc2c(C3CCCCC3)c3n(c2c1)CCCN(CCN1CCCCC1)c1cc(Cl)ccc1-3. The van der Waals surface area contributed by atoms with E-state index in [2.05, 4.69) is 32.6 Å². The number of aromatic carboxylic acids is 1. The summed E-state index contributed by atoms with van der Waals surface area (Å²) in [5.74, 6) is -0.355. The summed E-state index contributed by atoms with van der Waals surface area (Å²) in [6, 6.07) is 12.2. The van der Waals surface area contributed by atoms with Crippen molar-refractivity contribution in [1.29, 1.82) is 0 Å². The number of rotatable bonds is 5. The Bertz CT molecular complexity index is 1290. The van der Waals surface area contributed by atoms with Crippen molar-refractivity contribution in [3.8, 4) is 11.3 Å². The Hall–Kier alpha value is -2.50. The van der Waals surface area contributed by atoms with Gasteiger partial charge in [-0.1, -0.05) is 43.4 Å². The highest BCUT2D eigenvalue weighted by Crippen LogP contribution is 2.47. The molecule has 6 heteroatoms. The average molecular weight is 520 g/mol. The molecule has 1 saturated carbocycles. The zero-order chi connectivity index (χ0) is 25.4. The van der Waals surface area contributed by atoms with Crippen molar-refractivity contribution in [1.82, 2.24) is 9.47 Å². The summed E-state index contributed by atoms with van der Waals surface area (Å²) < 4.78 is 2.43. The quantitative estimate of drug-likeness (QED) is 0.381. The van der Waals surface area contributed by atoms with Crippen LogP contribution in [0.5, 0.6) is 0 Å². The van der Waals surface area contributed by atoms with Gasteiger partial charge in [0.05, 0.1) is 11.3 Å². The molecular formula is C31H38ClN3O2. The summed E-state index contributed by atoms with van der Waals surface area (Å²) in [6.07, 6.45) is 11.2. The lowest BCUT2D eigenvalue weighted by molar-refractivity contribution is 0.0697.